The lowest BCUT2D eigenvalue weighted by atomic mass is 9.90. The minimum atomic E-state index is -0.458. The van der Waals surface area contributed by atoms with Gasteiger partial charge in [-0.1, -0.05) is 0 Å². The molecule has 19 heavy (non-hydrogen) atoms. The lowest BCUT2D eigenvalue weighted by Crippen LogP contribution is -2.24. The van der Waals surface area contributed by atoms with Crippen molar-refractivity contribution in [3.63, 3.8) is 0 Å². The molecule has 2 rings (SSSR count). The first kappa shape index (κ1) is 13.1. The fourth-order valence-corrected chi connectivity index (χ4v) is 2.00. The molecular formula is C13H13N3O3. The molecule has 0 aromatic carbocycles. The molecule has 1 aromatic heterocycles. The molecule has 0 bridgehead atoms. The minimum absolute atomic E-state index is 0.0134. The summed E-state index contributed by atoms with van der Waals surface area (Å²) >= 11 is 0. The van der Waals surface area contributed by atoms with Crippen molar-refractivity contribution >= 4 is 5.78 Å². The second-order valence-corrected chi connectivity index (χ2v) is 4.19. The van der Waals surface area contributed by atoms with E-state index in [0.29, 0.717) is 36.2 Å². The number of aromatic amines is 1. The van der Waals surface area contributed by atoms with Crippen LogP contribution in [0.4, 0.5) is 0 Å². The zero-order valence-corrected chi connectivity index (χ0v) is 10.2. The van der Waals surface area contributed by atoms with Crippen molar-refractivity contribution in [1.82, 2.24) is 10.3 Å². The number of nitrogens with zero attached hydrogens (tertiary/aromatic N) is 1. The van der Waals surface area contributed by atoms with Crippen molar-refractivity contribution < 1.29 is 9.90 Å². The third kappa shape index (κ3) is 2.56. The van der Waals surface area contributed by atoms with E-state index in [-0.39, 0.29) is 18.0 Å². The van der Waals surface area contributed by atoms with Gasteiger partial charge in [0.25, 0.3) is 5.56 Å². The first-order valence-corrected chi connectivity index (χ1v) is 5.91. The smallest absolute Gasteiger partial charge is 0.266 e. The van der Waals surface area contributed by atoms with E-state index in [9.17, 15) is 9.59 Å². The van der Waals surface area contributed by atoms with E-state index in [1.165, 1.54) is 6.07 Å². The topological polar surface area (TPSA) is 106 Å². The Morgan fingerprint density at radius 3 is 2.95 bits per heavy atom. The molecule has 0 atom stereocenters. The van der Waals surface area contributed by atoms with Crippen LogP contribution in [0.2, 0.25) is 0 Å². The van der Waals surface area contributed by atoms with Crippen molar-refractivity contribution in [3.8, 4) is 6.07 Å². The van der Waals surface area contributed by atoms with Gasteiger partial charge in [-0.05, 0) is 18.9 Å². The molecule has 0 unspecified atom stereocenters. The number of carbonyl (C=O) groups excluding carboxylic acids is 1. The van der Waals surface area contributed by atoms with Crippen LogP contribution in [0.25, 0.3) is 0 Å². The van der Waals surface area contributed by atoms with Crippen LogP contribution in [0.5, 0.6) is 0 Å². The molecule has 1 aromatic rings. The van der Waals surface area contributed by atoms with Crippen LogP contribution in [0.1, 0.15) is 28.0 Å². The molecule has 0 aliphatic heterocycles. The number of Topliss-reactive ketones (excluding diaryl/α,β-unsaturated/α-hetero) is 1. The van der Waals surface area contributed by atoms with Crippen molar-refractivity contribution in [2.24, 2.45) is 0 Å². The van der Waals surface area contributed by atoms with Gasteiger partial charge in [0.1, 0.15) is 11.6 Å². The van der Waals surface area contributed by atoms with E-state index in [0.717, 1.165) is 0 Å². The van der Waals surface area contributed by atoms with Gasteiger partial charge in [0.05, 0.1) is 6.61 Å². The number of ketones is 1. The van der Waals surface area contributed by atoms with Crippen LogP contribution < -0.4 is 10.9 Å². The monoisotopic (exact) mass is 259 g/mol. The fourth-order valence-electron chi connectivity index (χ4n) is 2.00. The number of aryl methyl sites for hydroxylation is 1. The summed E-state index contributed by atoms with van der Waals surface area (Å²) in [6.45, 7) is 0.360. The zero-order chi connectivity index (χ0) is 13.8. The highest BCUT2D eigenvalue weighted by Gasteiger charge is 2.23. The van der Waals surface area contributed by atoms with Gasteiger partial charge >= 0.3 is 0 Å². The maximum absolute atomic E-state index is 12.2. The molecule has 6 heteroatoms. The van der Waals surface area contributed by atoms with E-state index < -0.39 is 5.56 Å². The number of H-pyrrole nitrogens is 1. The Morgan fingerprint density at radius 2 is 2.26 bits per heavy atom. The zero-order valence-electron chi connectivity index (χ0n) is 10.2. The van der Waals surface area contributed by atoms with Gasteiger partial charge in [-0.15, -0.1) is 0 Å². The summed E-state index contributed by atoms with van der Waals surface area (Å²) in [5.74, 6) is -0.195. The molecule has 1 aliphatic carbocycles. The molecule has 98 valence electrons. The number of nitriles is 1. The van der Waals surface area contributed by atoms with E-state index in [4.69, 9.17) is 10.4 Å². The number of aromatic nitrogens is 1. The highest BCUT2D eigenvalue weighted by molar-refractivity contribution is 6.10. The first-order valence-electron chi connectivity index (χ1n) is 5.91. The number of rotatable bonds is 3. The SMILES string of the molecule is N#Cc1cc2c([nH]c1=O)CCC(=CNCCO)C2=O. The number of fused-ring (bicyclic) bond motifs is 1. The summed E-state index contributed by atoms with van der Waals surface area (Å²) in [5, 5.41) is 20.3. The Bertz CT molecular complexity index is 638. The van der Waals surface area contributed by atoms with Crippen molar-refractivity contribution in [2.75, 3.05) is 13.2 Å². The third-order valence-electron chi connectivity index (χ3n) is 2.96. The highest BCUT2D eigenvalue weighted by Crippen LogP contribution is 2.22. The Labute approximate surface area is 109 Å². The van der Waals surface area contributed by atoms with Crippen LogP contribution >= 0.6 is 0 Å². The molecule has 0 fully saturated rings. The summed E-state index contributed by atoms with van der Waals surface area (Å²) in [5.41, 5.74) is 1.01. The van der Waals surface area contributed by atoms with Crippen LogP contribution in [-0.2, 0) is 6.42 Å². The molecule has 0 amide bonds. The van der Waals surface area contributed by atoms with Crippen LogP contribution in [0.15, 0.2) is 22.6 Å². The van der Waals surface area contributed by atoms with Crippen molar-refractivity contribution in [3.05, 3.63) is 45.0 Å². The van der Waals surface area contributed by atoms with Gasteiger partial charge in [-0.2, -0.15) is 5.26 Å². The average Bonchev–Trinajstić information content (AvgIpc) is 2.41. The van der Waals surface area contributed by atoms with Gasteiger partial charge in [0.2, 0.25) is 0 Å². The molecule has 6 nitrogen and oxygen atoms in total. The number of nitrogens with one attached hydrogen (secondary N) is 2. The average molecular weight is 259 g/mol. The first-order chi connectivity index (χ1) is 9.17. The van der Waals surface area contributed by atoms with Gasteiger partial charge in [0.15, 0.2) is 5.78 Å². The molecule has 0 radical (unpaired) electrons. The normalized spacial score (nSPS) is 16.0. The molecular weight excluding hydrogens is 246 g/mol. The maximum Gasteiger partial charge on any atom is 0.266 e. The second kappa shape index (κ2) is 5.50. The quantitative estimate of drug-likeness (QED) is 0.516. The summed E-state index contributed by atoms with van der Waals surface area (Å²) in [7, 11) is 0. The van der Waals surface area contributed by atoms with Gasteiger partial charge in [0, 0.05) is 29.6 Å². The Balaban J connectivity index is 2.36. The summed E-state index contributed by atoms with van der Waals surface area (Å²) < 4.78 is 0. The number of aliphatic hydroxyl groups is 1. The number of allylic oxidation sites excluding steroid dienone is 1. The lowest BCUT2D eigenvalue weighted by Gasteiger charge is -2.17. The summed E-state index contributed by atoms with van der Waals surface area (Å²) in [6.07, 6.45) is 2.65. The standard InChI is InChI=1S/C13H13N3O3/c14-6-9-5-10-11(16-13(9)19)2-1-8(12(10)18)7-15-3-4-17/h5,7,15,17H,1-4H2,(H,16,19). The van der Waals surface area contributed by atoms with Gasteiger partial charge in [-0.3, -0.25) is 9.59 Å². The molecule has 1 heterocycles. The van der Waals surface area contributed by atoms with E-state index in [2.05, 4.69) is 10.3 Å². The molecule has 0 saturated carbocycles. The number of hydrogen-bond donors (Lipinski definition) is 3. The number of pyridine rings is 1. The maximum atomic E-state index is 12.2. The molecule has 0 saturated heterocycles. The van der Waals surface area contributed by atoms with E-state index in [1.54, 1.807) is 12.3 Å². The Morgan fingerprint density at radius 1 is 1.47 bits per heavy atom. The van der Waals surface area contributed by atoms with Gasteiger partial charge in [-0.25, -0.2) is 0 Å². The molecule has 3 N–H and O–H groups in total. The predicted molar refractivity (Wildman–Crippen MR) is 67.6 cm³/mol. The lowest BCUT2D eigenvalue weighted by molar-refractivity contribution is 0.102. The number of aliphatic hydroxyl groups excluding tert-OH is 1. The Hall–Kier alpha value is -2.39. The molecule has 0 spiro atoms. The van der Waals surface area contributed by atoms with E-state index >= 15 is 0 Å². The van der Waals surface area contributed by atoms with Crippen molar-refractivity contribution in [1.29, 1.82) is 5.26 Å². The summed E-state index contributed by atoms with van der Waals surface area (Å²) in [4.78, 5) is 26.2. The van der Waals surface area contributed by atoms with Crippen LogP contribution in [0, 0.1) is 11.3 Å². The predicted octanol–water partition coefficient (Wildman–Crippen LogP) is -0.159. The number of carbonyl (C=O) groups is 1. The minimum Gasteiger partial charge on any atom is -0.395 e. The fraction of sp³-hybridized carbons (Fsp3) is 0.308. The summed E-state index contributed by atoms with van der Waals surface area (Å²) in [6, 6.07) is 3.11. The van der Waals surface area contributed by atoms with Crippen LogP contribution in [-0.4, -0.2) is 29.0 Å². The highest BCUT2D eigenvalue weighted by atomic mass is 16.3. The van der Waals surface area contributed by atoms with Crippen LogP contribution in [0.3, 0.4) is 0 Å². The molecule has 1 aliphatic rings. The Kier molecular flexibility index (Phi) is 3.78. The number of hydrogen-bond acceptors (Lipinski definition) is 5. The van der Waals surface area contributed by atoms with Crippen molar-refractivity contribution in [2.45, 2.75) is 12.8 Å². The van der Waals surface area contributed by atoms with E-state index in [1.807, 2.05) is 0 Å². The van der Waals surface area contributed by atoms with Gasteiger partial charge < -0.3 is 15.4 Å². The largest absolute Gasteiger partial charge is 0.395 e. The second-order valence-electron chi connectivity index (χ2n) is 4.19. The third-order valence-corrected chi connectivity index (χ3v) is 2.96.